The number of alkyl halides is 1. The number of hydrogen-bond donors (Lipinski definition) is 0. The lowest BCUT2D eigenvalue weighted by atomic mass is 10.0. The normalized spacial score (nSPS) is 21.0. The van der Waals surface area contributed by atoms with Gasteiger partial charge in [-0.25, -0.2) is 0 Å². The highest BCUT2D eigenvalue weighted by atomic mass is 35.5. The van der Waals surface area contributed by atoms with Gasteiger partial charge in [-0.3, -0.25) is 0 Å². The van der Waals surface area contributed by atoms with E-state index < -0.39 is 0 Å². The maximum atomic E-state index is 5.68. The molecular weight excluding hydrogens is 146 g/mol. The van der Waals surface area contributed by atoms with Gasteiger partial charge in [0.2, 0.25) is 0 Å². The topological polar surface area (TPSA) is 3.24 Å². The molecule has 0 aromatic rings. The van der Waals surface area contributed by atoms with Crippen molar-refractivity contribution in [1.82, 2.24) is 4.90 Å². The lowest BCUT2D eigenvalue weighted by molar-refractivity contribution is 0.114. The highest BCUT2D eigenvalue weighted by Crippen LogP contribution is 2.16. The highest BCUT2D eigenvalue weighted by molar-refractivity contribution is 6.18. The third-order valence-corrected chi connectivity index (χ3v) is 2.52. The minimum Gasteiger partial charge on any atom is -0.303 e. The molecule has 1 fully saturated rings. The minimum atomic E-state index is 0.790. The first-order valence-corrected chi connectivity index (χ1v) is 4.68. The fraction of sp³-hybridized carbons (Fsp3) is 1.00. The van der Waals surface area contributed by atoms with Crippen LogP contribution < -0.4 is 0 Å². The Bertz CT molecular complexity index is 86.5. The molecule has 0 aromatic heterocycles. The molecule has 0 aliphatic carbocycles. The molecule has 2 heteroatoms. The number of hydrogen-bond acceptors (Lipinski definition) is 1. The Kier molecular flexibility index (Phi) is 3.50. The van der Waals surface area contributed by atoms with Crippen LogP contribution in [-0.2, 0) is 0 Å². The van der Waals surface area contributed by atoms with E-state index in [0.29, 0.717) is 0 Å². The summed E-state index contributed by atoms with van der Waals surface area (Å²) < 4.78 is 0. The Labute approximate surface area is 68.4 Å². The molecule has 0 atom stereocenters. The molecule has 0 saturated carbocycles. The highest BCUT2D eigenvalue weighted by Gasteiger charge is 2.24. The summed E-state index contributed by atoms with van der Waals surface area (Å²) in [6.45, 7) is 6.00. The van der Waals surface area contributed by atoms with E-state index in [-0.39, 0.29) is 0 Å². The van der Waals surface area contributed by atoms with Crippen LogP contribution in [0, 0.1) is 5.92 Å². The second kappa shape index (κ2) is 4.20. The van der Waals surface area contributed by atoms with Gasteiger partial charge in [-0.05, 0) is 18.9 Å². The van der Waals surface area contributed by atoms with Crippen molar-refractivity contribution in [3.05, 3.63) is 0 Å². The van der Waals surface area contributed by atoms with Crippen LogP contribution in [0.3, 0.4) is 0 Å². The summed E-state index contributed by atoms with van der Waals surface area (Å²) in [5, 5.41) is 0. The summed E-state index contributed by atoms with van der Waals surface area (Å²) in [5.74, 6) is 1.64. The van der Waals surface area contributed by atoms with E-state index in [4.69, 9.17) is 11.6 Å². The van der Waals surface area contributed by atoms with Crippen LogP contribution in [0.15, 0.2) is 0 Å². The number of halogens is 1. The molecule has 10 heavy (non-hydrogen) atoms. The third kappa shape index (κ3) is 2.14. The van der Waals surface area contributed by atoms with E-state index in [1.165, 1.54) is 32.5 Å². The quantitative estimate of drug-likeness (QED) is 0.570. The maximum Gasteiger partial charge on any atom is 0.0276 e. The van der Waals surface area contributed by atoms with Gasteiger partial charge in [0.1, 0.15) is 0 Å². The molecule has 0 radical (unpaired) electrons. The Morgan fingerprint density at radius 3 is 2.70 bits per heavy atom. The monoisotopic (exact) mass is 161 g/mol. The van der Waals surface area contributed by atoms with Crippen LogP contribution >= 0.6 is 11.6 Å². The summed E-state index contributed by atoms with van der Waals surface area (Å²) in [7, 11) is 0. The van der Waals surface area contributed by atoms with Crippen LogP contribution in [-0.4, -0.2) is 30.4 Å². The van der Waals surface area contributed by atoms with Crippen molar-refractivity contribution in [3.63, 3.8) is 0 Å². The first kappa shape index (κ1) is 8.35. The molecule has 1 aliphatic heterocycles. The van der Waals surface area contributed by atoms with Gasteiger partial charge in [0, 0.05) is 19.0 Å². The average Bonchev–Trinajstić information content (AvgIpc) is 1.86. The maximum absolute atomic E-state index is 5.68. The van der Waals surface area contributed by atoms with Gasteiger partial charge in [-0.15, -0.1) is 11.6 Å². The minimum absolute atomic E-state index is 0.790. The van der Waals surface area contributed by atoms with E-state index in [0.717, 1.165) is 11.8 Å². The fourth-order valence-corrected chi connectivity index (χ4v) is 1.53. The molecule has 1 heterocycles. The molecule has 1 rings (SSSR count). The standard InChI is InChI=1S/C8H16ClN/c1-2-3-4-10-6-8(5-9)7-10/h8H,2-7H2,1H3. The van der Waals surface area contributed by atoms with E-state index >= 15 is 0 Å². The number of nitrogens with zero attached hydrogens (tertiary/aromatic N) is 1. The molecule has 0 aromatic carbocycles. The molecule has 0 amide bonds. The molecule has 1 nitrogen and oxygen atoms in total. The van der Waals surface area contributed by atoms with Crippen LogP contribution in [0.1, 0.15) is 19.8 Å². The predicted octanol–water partition coefficient (Wildman–Crippen LogP) is 1.96. The van der Waals surface area contributed by atoms with E-state index in [1.54, 1.807) is 0 Å². The van der Waals surface area contributed by atoms with Gasteiger partial charge in [-0.2, -0.15) is 0 Å². The van der Waals surface area contributed by atoms with Crippen molar-refractivity contribution >= 4 is 11.6 Å². The van der Waals surface area contributed by atoms with Gasteiger partial charge >= 0.3 is 0 Å². The fourth-order valence-electron chi connectivity index (χ4n) is 1.34. The summed E-state index contributed by atoms with van der Waals surface area (Å²) in [4.78, 5) is 2.48. The van der Waals surface area contributed by atoms with Crippen molar-refractivity contribution in [2.24, 2.45) is 5.92 Å². The Morgan fingerprint density at radius 2 is 2.20 bits per heavy atom. The number of rotatable bonds is 4. The number of unbranched alkanes of at least 4 members (excludes halogenated alkanes) is 1. The van der Waals surface area contributed by atoms with Gasteiger partial charge in [0.15, 0.2) is 0 Å². The van der Waals surface area contributed by atoms with Crippen molar-refractivity contribution in [2.75, 3.05) is 25.5 Å². The van der Waals surface area contributed by atoms with Gasteiger partial charge < -0.3 is 4.90 Å². The molecule has 0 bridgehead atoms. The Morgan fingerprint density at radius 1 is 1.50 bits per heavy atom. The molecular formula is C8H16ClN. The van der Waals surface area contributed by atoms with Crippen molar-refractivity contribution < 1.29 is 0 Å². The predicted molar refractivity (Wildman–Crippen MR) is 45.6 cm³/mol. The van der Waals surface area contributed by atoms with Crippen molar-refractivity contribution in [2.45, 2.75) is 19.8 Å². The molecule has 1 aliphatic rings. The summed E-state index contributed by atoms with van der Waals surface area (Å²) in [6, 6.07) is 0. The second-order valence-corrected chi connectivity index (χ2v) is 3.44. The zero-order chi connectivity index (χ0) is 7.40. The average molecular weight is 162 g/mol. The van der Waals surface area contributed by atoms with Gasteiger partial charge in [0.25, 0.3) is 0 Å². The molecule has 0 spiro atoms. The first-order chi connectivity index (χ1) is 4.86. The zero-order valence-electron chi connectivity index (χ0n) is 6.65. The third-order valence-electron chi connectivity index (χ3n) is 2.08. The van der Waals surface area contributed by atoms with Crippen LogP contribution in [0.2, 0.25) is 0 Å². The lowest BCUT2D eigenvalue weighted by Gasteiger charge is -2.38. The van der Waals surface area contributed by atoms with Crippen LogP contribution in [0.4, 0.5) is 0 Å². The molecule has 1 saturated heterocycles. The summed E-state index contributed by atoms with van der Waals surface area (Å²) in [5.41, 5.74) is 0. The SMILES string of the molecule is CCCCN1CC(CCl)C1. The first-order valence-electron chi connectivity index (χ1n) is 4.15. The summed E-state index contributed by atoms with van der Waals surface area (Å²) in [6.07, 6.45) is 2.65. The van der Waals surface area contributed by atoms with E-state index in [9.17, 15) is 0 Å². The van der Waals surface area contributed by atoms with Gasteiger partial charge in [-0.1, -0.05) is 13.3 Å². The Hall–Kier alpha value is 0.250. The van der Waals surface area contributed by atoms with Crippen molar-refractivity contribution in [1.29, 1.82) is 0 Å². The molecule has 60 valence electrons. The molecule has 0 unspecified atom stereocenters. The zero-order valence-corrected chi connectivity index (χ0v) is 7.40. The van der Waals surface area contributed by atoms with Crippen LogP contribution in [0.25, 0.3) is 0 Å². The van der Waals surface area contributed by atoms with E-state index in [2.05, 4.69) is 11.8 Å². The second-order valence-electron chi connectivity index (χ2n) is 3.13. The smallest absolute Gasteiger partial charge is 0.0276 e. The largest absolute Gasteiger partial charge is 0.303 e. The molecule has 0 N–H and O–H groups in total. The van der Waals surface area contributed by atoms with Crippen LogP contribution in [0.5, 0.6) is 0 Å². The van der Waals surface area contributed by atoms with E-state index in [1.807, 2.05) is 0 Å². The van der Waals surface area contributed by atoms with Crippen molar-refractivity contribution in [3.8, 4) is 0 Å². The number of likely N-dealkylation sites (tertiary alicyclic amines) is 1. The van der Waals surface area contributed by atoms with Gasteiger partial charge in [0.05, 0.1) is 0 Å². The Balaban J connectivity index is 1.93. The lowest BCUT2D eigenvalue weighted by Crippen LogP contribution is -2.47. The summed E-state index contributed by atoms with van der Waals surface area (Å²) >= 11 is 5.68.